The molecule has 0 saturated heterocycles. The first-order valence-electron chi connectivity index (χ1n) is 5.17. The zero-order valence-corrected chi connectivity index (χ0v) is 8.55. The van der Waals surface area contributed by atoms with Crippen molar-refractivity contribution in [2.75, 3.05) is 13.3 Å². The Labute approximate surface area is 80.8 Å². The Kier molecular flexibility index (Phi) is 10.9. The minimum atomic E-state index is 0.346. The van der Waals surface area contributed by atoms with Gasteiger partial charge in [0.05, 0.1) is 0 Å². The molecule has 1 N–H and O–H groups in total. The SMILES string of the molecule is CCCCCCCCNCOC=O. The highest BCUT2D eigenvalue weighted by molar-refractivity contribution is 5.36. The average Bonchev–Trinajstić information content (AvgIpc) is 2.16. The van der Waals surface area contributed by atoms with Gasteiger partial charge in [-0.15, -0.1) is 0 Å². The van der Waals surface area contributed by atoms with Crippen LogP contribution in [0.3, 0.4) is 0 Å². The molecule has 0 aromatic heterocycles. The van der Waals surface area contributed by atoms with Gasteiger partial charge in [-0.3, -0.25) is 10.1 Å². The number of hydrogen-bond acceptors (Lipinski definition) is 3. The molecule has 0 saturated carbocycles. The fourth-order valence-corrected chi connectivity index (χ4v) is 1.20. The molecule has 0 aromatic carbocycles. The highest BCUT2D eigenvalue weighted by atomic mass is 16.5. The van der Waals surface area contributed by atoms with E-state index in [4.69, 9.17) is 0 Å². The number of rotatable bonds is 10. The topological polar surface area (TPSA) is 38.3 Å². The van der Waals surface area contributed by atoms with Gasteiger partial charge < -0.3 is 4.74 Å². The fraction of sp³-hybridized carbons (Fsp3) is 0.900. The fourth-order valence-electron chi connectivity index (χ4n) is 1.20. The van der Waals surface area contributed by atoms with Crippen LogP contribution in [0.2, 0.25) is 0 Å². The predicted molar refractivity (Wildman–Crippen MR) is 53.4 cm³/mol. The highest BCUT2D eigenvalue weighted by Crippen LogP contribution is 2.03. The first-order valence-corrected chi connectivity index (χ1v) is 5.17. The second kappa shape index (κ2) is 11.4. The van der Waals surface area contributed by atoms with Crippen molar-refractivity contribution in [2.24, 2.45) is 0 Å². The zero-order valence-electron chi connectivity index (χ0n) is 8.55. The summed E-state index contributed by atoms with van der Waals surface area (Å²) >= 11 is 0. The van der Waals surface area contributed by atoms with E-state index in [0.717, 1.165) is 6.54 Å². The first kappa shape index (κ1) is 12.4. The summed E-state index contributed by atoms with van der Waals surface area (Å²) in [7, 11) is 0. The van der Waals surface area contributed by atoms with E-state index in [1.807, 2.05) is 0 Å². The molecule has 0 spiro atoms. The summed E-state index contributed by atoms with van der Waals surface area (Å²) in [6.07, 6.45) is 7.76. The van der Waals surface area contributed by atoms with E-state index < -0.39 is 0 Å². The maximum Gasteiger partial charge on any atom is 0.294 e. The molecule has 0 amide bonds. The average molecular weight is 187 g/mol. The smallest absolute Gasteiger partial charge is 0.294 e. The van der Waals surface area contributed by atoms with E-state index in [2.05, 4.69) is 17.0 Å². The second-order valence-corrected chi connectivity index (χ2v) is 3.17. The number of hydrogen-bond donors (Lipinski definition) is 1. The van der Waals surface area contributed by atoms with E-state index in [1.54, 1.807) is 0 Å². The van der Waals surface area contributed by atoms with Crippen LogP contribution in [-0.2, 0) is 9.53 Å². The molecule has 0 bridgehead atoms. The van der Waals surface area contributed by atoms with Crippen molar-refractivity contribution in [1.82, 2.24) is 5.32 Å². The summed E-state index contributed by atoms with van der Waals surface area (Å²) in [5, 5.41) is 3.02. The summed E-state index contributed by atoms with van der Waals surface area (Å²) in [4.78, 5) is 9.75. The quantitative estimate of drug-likeness (QED) is 0.323. The molecule has 3 nitrogen and oxygen atoms in total. The lowest BCUT2D eigenvalue weighted by molar-refractivity contribution is -0.129. The Hall–Kier alpha value is -0.570. The van der Waals surface area contributed by atoms with Crippen LogP contribution in [0.25, 0.3) is 0 Å². The first-order chi connectivity index (χ1) is 6.41. The second-order valence-electron chi connectivity index (χ2n) is 3.17. The Morgan fingerprint density at radius 3 is 2.54 bits per heavy atom. The standard InChI is InChI=1S/C10H21NO2/c1-2-3-4-5-6-7-8-11-9-13-10-12/h10-11H,2-9H2,1H3. The Bertz CT molecular complexity index is 107. The summed E-state index contributed by atoms with van der Waals surface area (Å²) in [5.41, 5.74) is 0. The molecule has 0 aliphatic carbocycles. The number of ether oxygens (including phenoxy) is 1. The van der Waals surface area contributed by atoms with Crippen LogP contribution in [0, 0.1) is 0 Å². The molecule has 0 aliphatic heterocycles. The Balaban J connectivity index is 2.79. The van der Waals surface area contributed by atoms with Crippen LogP contribution < -0.4 is 5.32 Å². The normalized spacial score (nSPS) is 9.92. The van der Waals surface area contributed by atoms with Crippen LogP contribution in [0.1, 0.15) is 45.4 Å². The summed E-state index contributed by atoms with van der Waals surface area (Å²) in [6.45, 7) is 3.98. The van der Waals surface area contributed by atoms with Gasteiger partial charge in [-0.25, -0.2) is 0 Å². The molecule has 0 heterocycles. The van der Waals surface area contributed by atoms with Crippen LogP contribution in [0.4, 0.5) is 0 Å². The van der Waals surface area contributed by atoms with Gasteiger partial charge in [-0.05, 0) is 13.0 Å². The molecule has 13 heavy (non-hydrogen) atoms. The molecule has 0 unspecified atom stereocenters. The number of nitrogens with one attached hydrogen (secondary N) is 1. The lowest BCUT2D eigenvalue weighted by atomic mass is 10.1. The van der Waals surface area contributed by atoms with E-state index in [0.29, 0.717) is 13.2 Å². The molecule has 0 fully saturated rings. The Morgan fingerprint density at radius 2 is 1.85 bits per heavy atom. The van der Waals surface area contributed by atoms with Gasteiger partial charge in [0.25, 0.3) is 6.47 Å². The van der Waals surface area contributed by atoms with Crippen molar-refractivity contribution in [3.63, 3.8) is 0 Å². The predicted octanol–water partition coefficient (Wildman–Crippen LogP) is 2.07. The van der Waals surface area contributed by atoms with Crippen LogP contribution in [0.15, 0.2) is 0 Å². The van der Waals surface area contributed by atoms with Crippen molar-refractivity contribution in [3.8, 4) is 0 Å². The molecule has 0 aromatic rings. The molecule has 0 aliphatic rings. The van der Waals surface area contributed by atoms with E-state index >= 15 is 0 Å². The largest absolute Gasteiger partial charge is 0.452 e. The van der Waals surface area contributed by atoms with Crippen molar-refractivity contribution in [1.29, 1.82) is 0 Å². The molecule has 0 rings (SSSR count). The molecule has 3 heteroatoms. The molecule has 0 radical (unpaired) electrons. The van der Waals surface area contributed by atoms with Gasteiger partial charge in [0, 0.05) is 0 Å². The molecule has 0 atom stereocenters. The van der Waals surface area contributed by atoms with Gasteiger partial charge in [0.15, 0.2) is 0 Å². The third-order valence-electron chi connectivity index (χ3n) is 1.96. The number of unbranched alkanes of at least 4 members (excludes halogenated alkanes) is 5. The van der Waals surface area contributed by atoms with Gasteiger partial charge in [-0.2, -0.15) is 0 Å². The third-order valence-corrected chi connectivity index (χ3v) is 1.96. The monoisotopic (exact) mass is 187 g/mol. The zero-order chi connectivity index (χ0) is 9.78. The number of carbonyl (C=O) groups is 1. The highest BCUT2D eigenvalue weighted by Gasteiger charge is 1.89. The summed E-state index contributed by atoms with van der Waals surface area (Å²) in [6, 6.07) is 0. The van der Waals surface area contributed by atoms with Gasteiger partial charge in [-0.1, -0.05) is 39.0 Å². The van der Waals surface area contributed by atoms with Gasteiger partial charge >= 0.3 is 0 Å². The van der Waals surface area contributed by atoms with Crippen LogP contribution in [-0.4, -0.2) is 19.7 Å². The Morgan fingerprint density at radius 1 is 1.15 bits per heavy atom. The van der Waals surface area contributed by atoms with Crippen molar-refractivity contribution in [2.45, 2.75) is 45.4 Å². The van der Waals surface area contributed by atoms with Crippen molar-refractivity contribution >= 4 is 6.47 Å². The van der Waals surface area contributed by atoms with E-state index in [-0.39, 0.29) is 0 Å². The van der Waals surface area contributed by atoms with E-state index in [1.165, 1.54) is 38.5 Å². The lowest BCUT2D eigenvalue weighted by Gasteiger charge is -2.02. The van der Waals surface area contributed by atoms with Crippen LogP contribution >= 0.6 is 0 Å². The molecular weight excluding hydrogens is 166 g/mol. The summed E-state index contributed by atoms with van der Waals surface area (Å²) in [5.74, 6) is 0. The minimum absolute atomic E-state index is 0.346. The third kappa shape index (κ3) is 11.4. The minimum Gasteiger partial charge on any atom is -0.452 e. The van der Waals surface area contributed by atoms with Gasteiger partial charge in [0.2, 0.25) is 0 Å². The molecular formula is C10H21NO2. The molecule has 78 valence electrons. The lowest BCUT2D eigenvalue weighted by Crippen LogP contribution is -2.18. The van der Waals surface area contributed by atoms with Crippen LogP contribution in [0.5, 0.6) is 0 Å². The van der Waals surface area contributed by atoms with E-state index in [9.17, 15) is 4.79 Å². The summed E-state index contributed by atoms with van der Waals surface area (Å²) < 4.78 is 4.49. The number of carbonyl (C=O) groups excluding carboxylic acids is 1. The van der Waals surface area contributed by atoms with Crippen molar-refractivity contribution in [3.05, 3.63) is 0 Å². The van der Waals surface area contributed by atoms with Gasteiger partial charge in [0.1, 0.15) is 6.73 Å². The maximum absolute atomic E-state index is 9.75. The van der Waals surface area contributed by atoms with Crippen molar-refractivity contribution < 1.29 is 9.53 Å². The maximum atomic E-state index is 9.75.